The van der Waals surface area contributed by atoms with Crippen LogP contribution in [0, 0.1) is 6.92 Å². The van der Waals surface area contributed by atoms with Crippen molar-refractivity contribution in [3.8, 4) is 0 Å². The van der Waals surface area contributed by atoms with Gasteiger partial charge < -0.3 is 9.64 Å². The maximum Gasteiger partial charge on any atom is 0.253 e. The fourth-order valence-corrected chi connectivity index (χ4v) is 2.86. The zero-order valence-electron chi connectivity index (χ0n) is 10.8. The van der Waals surface area contributed by atoms with Crippen molar-refractivity contribution < 1.29 is 9.53 Å². The Bertz CT molecular complexity index is 421. The Kier molecular flexibility index (Phi) is 4.40. The molecule has 0 N–H and O–H groups in total. The monoisotopic (exact) mass is 311 g/mol. The van der Waals surface area contributed by atoms with Gasteiger partial charge in [-0.15, -0.1) is 0 Å². The summed E-state index contributed by atoms with van der Waals surface area (Å²) >= 11 is 3.42. The molecule has 1 aromatic rings. The molecule has 0 saturated carbocycles. The SMILES string of the molecule is Cc1cc(Br)cc(C(=O)N(C)CC2CCCO2)c1. The summed E-state index contributed by atoms with van der Waals surface area (Å²) in [5, 5.41) is 0. The highest BCUT2D eigenvalue weighted by molar-refractivity contribution is 9.10. The second kappa shape index (κ2) is 5.85. The lowest BCUT2D eigenvalue weighted by Gasteiger charge is -2.21. The summed E-state index contributed by atoms with van der Waals surface area (Å²) in [6, 6.07) is 5.78. The third-order valence-corrected chi connectivity index (χ3v) is 3.60. The van der Waals surface area contributed by atoms with Crippen LogP contribution in [0.2, 0.25) is 0 Å². The maximum atomic E-state index is 12.3. The highest BCUT2D eigenvalue weighted by atomic mass is 79.9. The lowest BCUT2D eigenvalue weighted by molar-refractivity contribution is 0.0587. The van der Waals surface area contributed by atoms with E-state index in [2.05, 4.69) is 15.9 Å². The molecule has 0 radical (unpaired) electrons. The number of amides is 1. The molecule has 3 nitrogen and oxygen atoms in total. The number of aryl methyl sites for hydroxylation is 1. The van der Waals surface area contributed by atoms with Gasteiger partial charge in [-0.1, -0.05) is 15.9 Å². The summed E-state index contributed by atoms with van der Waals surface area (Å²) in [7, 11) is 1.83. The van der Waals surface area contributed by atoms with Gasteiger partial charge in [0.1, 0.15) is 0 Å². The molecule has 0 bridgehead atoms. The third-order valence-electron chi connectivity index (χ3n) is 3.14. The second-order valence-corrected chi connectivity index (χ2v) is 5.75. The van der Waals surface area contributed by atoms with Gasteiger partial charge in [-0.2, -0.15) is 0 Å². The number of halogens is 1. The summed E-state index contributed by atoms with van der Waals surface area (Å²) in [6.45, 7) is 3.48. The fourth-order valence-electron chi connectivity index (χ4n) is 2.26. The summed E-state index contributed by atoms with van der Waals surface area (Å²) in [6.07, 6.45) is 2.35. The molecule has 1 aliphatic rings. The van der Waals surface area contributed by atoms with E-state index in [9.17, 15) is 4.79 Å². The van der Waals surface area contributed by atoms with E-state index < -0.39 is 0 Å². The molecule has 1 saturated heterocycles. The summed E-state index contributed by atoms with van der Waals surface area (Å²) < 4.78 is 6.50. The highest BCUT2D eigenvalue weighted by Gasteiger charge is 2.21. The Hall–Kier alpha value is -0.870. The molecule has 18 heavy (non-hydrogen) atoms. The minimum atomic E-state index is 0.0508. The van der Waals surface area contributed by atoms with E-state index in [0.29, 0.717) is 6.54 Å². The fraction of sp³-hybridized carbons (Fsp3) is 0.500. The van der Waals surface area contributed by atoms with Crippen LogP contribution in [0.3, 0.4) is 0 Å². The van der Waals surface area contributed by atoms with Gasteiger partial charge >= 0.3 is 0 Å². The molecule has 98 valence electrons. The van der Waals surface area contributed by atoms with Crippen LogP contribution in [0.4, 0.5) is 0 Å². The van der Waals surface area contributed by atoms with Gasteiger partial charge in [0.25, 0.3) is 5.91 Å². The Balaban J connectivity index is 2.04. The molecule has 1 heterocycles. The van der Waals surface area contributed by atoms with Crippen LogP contribution >= 0.6 is 15.9 Å². The molecule has 1 aliphatic heterocycles. The van der Waals surface area contributed by atoms with E-state index >= 15 is 0 Å². The lowest BCUT2D eigenvalue weighted by atomic mass is 10.1. The van der Waals surface area contributed by atoms with Crippen molar-refractivity contribution in [1.82, 2.24) is 4.90 Å². The van der Waals surface area contributed by atoms with Gasteiger partial charge in [-0.25, -0.2) is 0 Å². The van der Waals surface area contributed by atoms with Crippen LogP contribution in [0.15, 0.2) is 22.7 Å². The summed E-state index contributed by atoms with van der Waals surface area (Å²) in [5.74, 6) is 0.0508. The number of likely N-dealkylation sites (N-methyl/N-ethyl adjacent to an activating group) is 1. The molecule has 0 aliphatic carbocycles. The predicted octanol–water partition coefficient (Wildman–Crippen LogP) is 3.01. The minimum Gasteiger partial charge on any atom is -0.376 e. The standard InChI is InChI=1S/C14H18BrNO2/c1-10-6-11(8-12(15)7-10)14(17)16(2)9-13-4-3-5-18-13/h6-8,13H,3-5,9H2,1-2H3. The molecular weight excluding hydrogens is 294 g/mol. The van der Waals surface area contributed by atoms with E-state index in [0.717, 1.165) is 35.0 Å². The number of nitrogens with zero attached hydrogens (tertiary/aromatic N) is 1. The molecule has 0 aromatic heterocycles. The number of ether oxygens (including phenoxy) is 1. The van der Waals surface area contributed by atoms with E-state index in [4.69, 9.17) is 4.74 Å². The molecule has 2 rings (SSSR count). The normalized spacial score (nSPS) is 18.9. The van der Waals surface area contributed by atoms with Crippen molar-refractivity contribution in [3.05, 3.63) is 33.8 Å². The predicted molar refractivity (Wildman–Crippen MR) is 74.8 cm³/mol. The minimum absolute atomic E-state index is 0.0508. The topological polar surface area (TPSA) is 29.5 Å². The molecular formula is C14H18BrNO2. The summed E-state index contributed by atoms with van der Waals surface area (Å²) in [5.41, 5.74) is 1.81. The lowest BCUT2D eigenvalue weighted by Crippen LogP contribution is -2.34. The van der Waals surface area contributed by atoms with Crippen molar-refractivity contribution in [1.29, 1.82) is 0 Å². The number of carbonyl (C=O) groups excluding carboxylic acids is 1. The van der Waals surface area contributed by atoms with Crippen LogP contribution in [0.5, 0.6) is 0 Å². The molecule has 0 spiro atoms. The first kappa shape index (κ1) is 13.6. The number of hydrogen-bond acceptors (Lipinski definition) is 2. The van der Waals surface area contributed by atoms with Gasteiger partial charge in [-0.05, 0) is 43.5 Å². The summed E-state index contributed by atoms with van der Waals surface area (Å²) in [4.78, 5) is 14.0. The first-order valence-corrected chi connectivity index (χ1v) is 7.00. The Labute approximate surface area is 116 Å². The molecule has 1 atom stereocenters. The zero-order chi connectivity index (χ0) is 13.1. The smallest absolute Gasteiger partial charge is 0.253 e. The van der Waals surface area contributed by atoms with Gasteiger partial charge in [0, 0.05) is 30.2 Å². The molecule has 1 unspecified atom stereocenters. The largest absolute Gasteiger partial charge is 0.376 e. The first-order chi connectivity index (χ1) is 8.56. The average Bonchev–Trinajstić information content (AvgIpc) is 2.79. The molecule has 4 heteroatoms. The van der Waals surface area contributed by atoms with Gasteiger partial charge in [0.05, 0.1) is 6.10 Å². The van der Waals surface area contributed by atoms with E-state index in [1.807, 2.05) is 32.2 Å². The molecule has 1 fully saturated rings. The van der Waals surface area contributed by atoms with Crippen molar-refractivity contribution >= 4 is 21.8 Å². The van der Waals surface area contributed by atoms with Gasteiger partial charge in [0.15, 0.2) is 0 Å². The first-order valence-electron chi connectivity index (χ1n) is 6.20. The Morgan fingerprint density at radius 2 is 2.28 bits per heavy atom. The van der Waals surface area contributed by atoms with E-state index in [1.54, 1.807) is 4.90 Å². The van der Waals surface area contributed by atoms with E-state index in [-0.39, 0.29) is 12.0 Å². The average molecular weight is 312 g/mol. The maximum absolute atomic E-state index is 12.3. The number of hydrogen-bond donors (Lipinski definition) is 0. The van der Waals surface area contributed by atoms with Crippen LogP contribution in [0.1, 0.15) is 28.8 Å². The van der Waals surface area contributed by atoms with Crippen LogP contribution in [0.25, 0.3) is 0 Å². The van der Waals surface area contributed by atoms with Crippen LogP contribution in [-0.4, -0.2) is 37.1 Å². The number of carbonyl (C=O) groups is 1. The third kappa shape index (κ3) is 3.33. The Morgan fingerprint density at radius 1 is 1.50 bits per heavy atom. The van der Waals surface area contributed by atoms with Crippen LogP contribution in [-0.2, 0) is 4.74 Å². The number of benzene rings is 1. The van der Waals surface area contributed by atoms with Crippen LogP contribution < -0.4 is 0 Å². The number of rotatable bonds is 3. The highest BCUT2D eigenvalue weighted by Crippen LogP contribution is 2.18. The van der Waals surface area contributed by atoms with Crippen molar-refractivity contribution in [2.24, 2.45) is 0 Å². The van der Waals surface area contributed by atoms with Gasteiger partial charge in [-0.3, -0.25) is 4.79 Å². The molecule has 1 amide bonds. The van der Waals surface area contributed by atoms with Crippen molar-refractivity contribution in [2.75, 3.05) is 20.2 Å². The van der Waals surface area contributed by atoms with E-state index in [1.165, 1.54) is 0 Å². The Morgan fingerprint density at radius 3 is 2.89 bits per heavy atom. The quantitative estimate of drug-likeness (QED) is 0.859. The second-order valence-electron chi connectivity index (χ2n) is 4.84. The van der Waals surface area contributed by atoms with Crippen molar-refractivity contribution in [2.45, 2.75) is 25.9 Å². The molecule has 1 aromatic carbocycles. The zero-order valence-corrected chi connectivity index (χ0v) is 12.4. The van der Waals surface area contributed by atoms with Crippen molar-refractivity contribution in [3.63, 3.8) is 0 Å². The van der Waals surface area contributed by atoms with Gasteiger partial charge in [0.2, 0.25) is 0 Å².